The number of hydrogen-bond acceptors (Lipinski definition) is 4. The van der Waals surface area contributed by atoms with Gasteiger partial charge in [0.2, 0.25) is 10.0 Å². The summed E-state index contributed by atoms with van der Waals surface area (Å²) >= 11 is 0. The molecule has 0 radical (unpaired) electrons. The molecular formula is C18H20N2O4S2. The van der Waals surface area contributed by atoms with E-state index >= 15 is 0 Å². The highest BCUT2D eigenvalue weighted by Gasteiger charge is 2.33. The van der Waals surface area contributed by atoms with Crippen molar-refractivity contribution in [1.29, 1.82) is 0 Å². The van der Waals surface area contributed by atoms with Crippen LogP contribution in [-0.2, 0) is 26.5 Å². The van der Waals surface area contributed by atoms with Gasteiger partial charge in [0.25, 0.3) is 10.0 Å². The summed E-state index contributed by atoms with van der Waals surface area (Å²) in [4.78, 5) is 0.485. The van der Waals surface area contributed by atoms with Crippen molar-refractivity contribution in [3.8, 4) is 0 Å². The predicted molar refractivity (Wildman–Crippen MR) is 99.1 cm³/mol. The van der Waals surface area contributed by atoms with Gasteiger partial charge in [0.05, 0.1) is 15.5 Å². The molecule has 138 valence electrons. The molecule has 6 nitrogen and oxygen atoms in total. The second-order valence-corrected chi connectivity index (χ2v) is 10.3. The highest BCUT2D eigenvalue weighted by Crippen LogP contribution is 2.35. The summed E-state index contributed by atoms with van der Waals surface area (Å²) in [6.45, 7) is 1.42. The number of sulfonamides is 2. The van der Waals surface area contributed by atoms with Crippen LogP contribution in [0.25, 0.3) is 0 Å². The lowest BCUT2D eigenvalue weighted by Crippen LogP contribution is -2.29. The Kier molecular flexibility index (Phi) is 4.29. The fraction of sp³-hybridized carbons (Fsp3) is 0.333. The maximum absolute atomic E-state index is 12.9. The lowest BCUT2D eigenvalue weighted by Gasteiger charge is -2.20. The summed E-state index contributed by atoms with van der Waals surface area (Å²) in [5, 5.41) is 0. The van der Waals surface area contributed by atoms with Crippen LogP contribution in [0.4, 0.5) is 5.69 Å². The second kappa shape index (κ2) is 6.37. The van der Waals surface area contributed by atoms with Crippen molar-refractivity contribution < 1.29 is 16.8 Å². The molecule has 2 aromatic rings. The smallest absolute Gasteiger partial charge is 0.264 e. The van der Waals surface area contributed by atoms with E-state index in [0.29, 0.717) is 31.7 Å². The molecule has 4 rings (SSSR count). The molecule has 26 heavy (non-hydrogen) atoms. The van der Waals surface area contributed by atoms with E-state index in [1.54, 1.807) is 42.5 Å². The van der Waals surface area contributed by atoms with Gasteiger partial charge in [-0.25, -0.2) is 16.8 Å². The molecule has 0 atom stereocenters. The molecule has 2 aromatic carbocycles. The third-order valence-electron chi connectivity index (χ3n) is 4.94. The molecule has 0 unspecified atom stereocenters. The molecule has 8 heteroatoms. The molecule has 2 heterocycles. The van der Waals surface area contributed by atoms with E-state index in [4.69, 9.17) is 0 Å². The first-order chi connectivity index (χ1) is 12.4. The first kappa shape index (κ1) is 17.5. The summed E-state index contributed by atoms with van der Waals surface area (Å²) in [5.74, 6) is 0. The largest absolute Gasteiger partial charge is 0.266 e. The van der Waals surface area contributed by atoms with Crippen molar-refractivity contribution in [3.05, 3.63) is 54.1 Å². The van der Waals surface area contributed by atoms with E-state index in [2.05, 4.69) is 0 Å². The zero-order valence-corrected chi connectivity index (χ0v) is 15.8. The molecular weight excluding hydrogens is 372 g/mol. The number of nitrogens with zero attached hydrogens (tertiary/aromatic N) is 2. The SMILES string of the molecule is O=S(=O)(c1ccc2c(c1)CCN2S(=O)(=O)c1ccccc1)N1CCCC1. The molecule has 0 saturated carbocycles. The summed E-state index contributed by atoms with van der Waals surface area (Å²) in [5.41, 5.74) is 1.32. The fourth-order valence-corrected chi connectivity index (χ4v) is 6.65. The first-order valence-electron chi connectivity index (χ1n) is 8.61. The Morgan fingerprint density at radius 3 is 2.12 bits per heavy atom. The van der Waals surface area contributed by atoms with Crippen molar-refractivity contribution in [1.82, 2.24) is 4.31 Å². The lowest BCUT2D eigenvalue weighted by molar-refractivity contribution is 0.477. The molecule has 0 N–H and O–H groups in total. The molecule has 2 aliphatic rings. The van der Waals surface area contributed by atoms with Crippen molar-refractivity contribution in [2.45, 2.75) is 29.1 Å². The van der Waals surface area contributed by atoms with Crippen LogP contribution < -0.4 is 4.31 Å². The second-order valence-electron chi connectivity index (χ2n) is 6.54. The highest BCUT2D eigenvalue weighted by atomic mass is 32.2. The summed E-state index contributed by atoms with van der Waals surface area (Å²) in [6.07, 6.45) is 2.27. The zero-order chi connectivity index (χ0) is 18.4. The van der Waals surface area contributed by atoms with E-state index in [1.807, 2.05) is 0 Å². The van der Waals surface area contributed by atoms with Crippen LogP contribution >= 0.6 is 0 Å². The normalized spacial score (nSPS) is 18.2. The van der Waals surface area contributed by atoms with Crippen LogP contribution in [0.5, 0.6) is 0 Å². The average molecular weight is 393 g/mol. The lowest BCUT2D eigenvalue weighted by atomic mass is 10.2. The topological polar surface area (TPSA) is 74.8 Å². The Hall–Kier alpha value is -1.90. The minimum Gasteiger partial charge on any atom is -0.266 e. The Balaban J connectivity index is 1.69. The molecule has 0 spiro atoms. The van der Waals surface area contributed by atoms with Gasteiger partial charge in [-0.3, -0.25) is 4.31 Å². The molecule has 0 aromatic heterocycles. The van der Waals surface area contributed by atoms with Gasteiger partial charge < -0.3 is 0 Å². The number of hydrogen-bond donors (Lipinski definition) is 0. The maximum Gasteiger partial charge on any atom is 0.264 e. The molecule has 1 fully saturated rings. The van der Waals surface area contributed by atoms with Crippen LogP contribution in [0.3, 0.4) is 0 Å². The number of anilines is 1. The number of fused-ring (bicyclic) bond motifs is 1. The Labute approximate surface area is 154 Å². The van der Waals surface area contributed by atoms with E-state index < -0.39 is 20.0 Å². The van der Waals surface area contributed by atoms with Gasteiger partial charge >= 0.3 is 0 Å². The van der Waals surface area contributed by atoms with Gasteiger partial charge in [-0.2, -0.15) is 4.31 Å². The number of rotatable bonds is 4. The van der Waals surface area contributed by atoms with Gasteiger partial charge in [0.1, 0.15) is 0 Å². The maximum atomic E-state index is 12.9. The quantitative estimate of drug-likeness (QED) is 0.800. The van der Waals surface area contributed by atoms with E-state index in [-0.39, 0.29) is 9.79 Å². The summed E-state index contributed by atoms with van der Waals surface area (Å²) in [7, 11) is -7.14. The molecule has 0 amide bonds. The Bertz CT molecular complexity index is 1030. The van der Waals surface area contributed by atoms with Crippen molar-refractivity contribution in [3.63, 3.8) is 0 Å². The van der Waals surface area contributed by atoms with Gasteiger partial charge in [0.15, 0.2) is 0 Å². The van der Waals surface area contributed by atoms with E-state index in [1.165, 1.54) is 14.7 Å². The predicted octanol–water partition coefficient (Wildman–Crippen LogP) is 2.22. The Morgan fingerprint density at radius 1 is 0.731 bits per heavy atom. The minimum absolute atomic E-state index is 0.238. The standard InChI is InChI=1S/C18H20N2O4S2/c21-25(22,19-11-4-5-12-19)17-8-9-18-15(14-17)10-13-20(18)26(23,24)16-6-2-1-3-7-16/h1-3,6-9,14H,4-5,10-13H2. The molecule has 1 saturated heterocycles. The van der Waals surface area contributed by atoms with Crippen LogP contribution in [-0.4, -0.2) is 40.8 Å². The molecule has 0 aliphatic carbocycles. The first-order valence-corrected chi connectivity index (χ1v) is 11.5. The van der Waals surface area contributed by atoms with Crippen molar-refractivity contribution in [2.75, 3.05) is 23.9 Å². The molecule has 2 aliphatic heterocycles. The van der Waals surface area contributed by atoms with Crippen LogP contribution in [0, 0.1) is 0 Å². The van der Waals surface area contributed by atoms with Crippen LogP contribution in [0.1, 0.15) is 18.4 Å². The van der Waals surface area contributed by atoms with Gasteiger partial charge in [0, 0.05) is 19.6 Å². The highest BCUT2D eigenvalue weighted by molar-refractivity contribution is 7.92. The van der Waals surface area contributed by atoms with Crippen molar-refractivity contribution in [2.24, 2.45) is 0 Å². The third-order valence-corrected chi connectivity index (χ3v) is 8.66. The third kappa shape index (κ3) is 2.82. The van der Waals surface area contributed by atoms with Crippen LogP contribution in [0.2, 0.25) is 0 Å². The average Bonchev–Trinajstić information content (AvgIpc) is 3.32. The van der Waals surface area contributed by atoms with Gasteiger partial charge in [-0.1, -0.05) is 18.2 Å². The fourth-order valence-electron chi connectivity index (χ4n) is 3.56. The Morgan fingerprint density at radius 2 is 1.42 bits per heavy atom. The van der Waals surface area contributed by atoms with Crippen molar-refractivity contribution >= 4 is 25.7 Å². The zero-order valence-electron chi connectivity index (χ0n) is 14.2. The minimum atomic E-state index is -3.64. The van der Waals surface area contributed by atoms with Gasteiger partial charge in [-0.05, 0) is 55.2 Å². The van der Waals surface area contributed by atoms with E-state index in [9.17, 15) is 16.8 Å². The van der Waals surface area contributed by atoms with E-state index in [0.717, 1.165) is 18.4 Å². The summed E-state index contributed by atoms with van der Waals surface area (Å²) < 4.78 is 54.1. The monoisotopic (exact) mass is 392 g/mol. The molecule has 0 bridgehead atoms. The van der Waals surface area contributed by atoms with Gasteiger partial charge in [-0.15, -0.1) is 0 Å². The van der Waals surface area contributed by atoms with Crippen LogP contribution in [0.15, 0.2) is 58.3 Å². The number of benzene rings is 2. The summed E-state index contributed by atoms with van der Waals surface area (Å²) in [6, 6.07) is 13.1.